The standard InChI is InChI=1S/C21H25FN2O4S/c1-15-6-8-17(29(26,27)24-10-4-5-11-24)13-18(15)21(25)23(2)14-16-7-9-20(28-3)19(22)12-16/h6-9,12-13H,4-5,10-11,14H2,1-3H3. The van der Waals surface area contributed by atoms with Gasteiger partial charge in [0.15, 0.2) is 11.6 Å². The number of benzene rings is 2. The van der Waals surface area contributed by atoms with E-state index in [1.165, 1.54) is 34.5 Å². The number of carbonyl (C=O) groups excluding carboxylic acids is 1. The molecule has 0 N–H and O–H groups in total. The molecule has 6 nitrogen and oxygen atoms in total. The maximum atomic E-state index is 13.9. The van der Waals surface area contributed by atoms with Crippen LogP contribution < -0.4 is 4.74 Å². The molecule has 0 aliphatic carbocycles. The van der Waals surface area contributed by atoms with Crippen LogP contribution in [0, 0.1) is 12.7 Å². The maximum absolute atomic E-state index is 13.9. The molecular formula is C21H25FN2O4S. The highest BCUT2D eigenvalue weighted by Gasteiger charge is 2.28. The number of ether oxygens (including phenoxy) is 1. The number of hydrogen-bond acceptors (Lipinski definition) is 4. The van der Waals surface area contributed by atoms with Crippen molar-refractivity contribution in [1.29, 1.82) is 0 Å². The SMILES string of the molecule is COc1ccc(CN(C)C(=O)c2cc(S(=O)(=O)N3CCCC3)ccc2C)cc1F. The molecule has 29 heavy (non-hydrogen) atoms. The lowest BCUT2D eigenvalue weighted by Gasteiger charge is -2.20. The molecule has 8 heteroatoms. The van der Waals surface area contributed by atoms with Crippen molar-refractivity contribution in [3.05, 3.63) is 58.9 Å². The van der Waals surface area contributed by atoms with Crippen LogP contribution in [0.2, 0.25) is 0 Å². The number of carbonyl (C=O) groups is 1. The van der Waals surface area contributed by atoms with Gasteiger partial charge >= 0.3 is 0 Å². The Bertz CT molecular complexity index is 1020. The summed E-state index contributed by atoms with van der Waals surface area (Å²) in [7, 11) is -0.619. The van der Waals surface area contributed by atoms with Gasteiger partial charge in [-0.15, -0.1) is 0 Å². The molecule has 1 amide bonds. The van der Waals surface area contributed by atoms with Crippen LogP contribution in [0.4, 0.5) is 4.39 Å². The van der Waals surface area contributed by atoms with Gasteiger partial charge in [0.05, 0.1) is 12.0 Å². The summed E-state index contributed by atoms with van der Waals surface area (Å²) in [5.41, 5.74) is 1.61. The number of rotatable bonds is 6. The van der Waals surface area contributed by atoms with Crippen molar-refractivity contribution in [2.45, 2.75) is 31.2 Å². The Morgan fingerprint density at radius 3 is 2.48 bits per heavy atom. The molecule has 156 valence electrons. The Kier molecular flexibility index (Phi) is 6.24. The highest BCUT2D eigenvalue weighted by Crippen LogP contribution is 2.24. The molecule has 1 aliphatic heterocycles. The summed E-state index contributed by atoms with van der Waals surface area (Å²) in [6, 6.07) is 9.15. The van der Waals surface area contributed by atoms with Crippen molar-refractivity contribution in [3.63, 3.8) is 0 Å². The summed E-state index contributed by atoms with van der Waals surface area (Å²) in [5.74, 6) is -0.684. The minimum Gasteiger partial charge on any atom is -0.494 e. The van der Waals surface area contributed by atoms with Gasteiger partial charge in [0, 0.05) is 32.2 Å². The monoisotopic (exact) mass is 420 g/mol. The van der Waals surface area contributed by atoms with E-state index in [1.54, 1.807) is 32.2 Å². The molecule has 1 fully saturated rings. The zero-order valence-corrected chi connectivity index (χ0v) is 17.6. The Morgan fingerprint density at radius 1 is 1.17 bits per heavy atom. The van der Waals surface area contributed by atoms with Crippen molar-refractivity contribution in [2.75, 3.05) is 27.2 Å². The Labute approximate surface area is 170 Å². The van der Waals surface area contributed by atoms with E-state index in [1.807, 2.05) is 0 Å². The number of methoxy groups -OCH3 is 1. The van der Waals surface area contributed by atoms with Crippen LogP contribution >= 0.6 is 0 Å². The smallest absolute Gasteiger partial charge is 0.254 e. The fraction of sp³-hybridized carbons (Fsp3) is 0.381. The normalized spacial score (nSPS) is 14.8. The molecule has 1 aliphatic rings. The van der Waals surface area contributed by atoms with E-state index in [0.717, 1.165) is 12.8 Å². The van der Waals surface area contributed by atoms with Crippen LogP contribution in [0.5, 0.6) is 5.75 Å². The Balaban J connectivity index is 1.83. The van der Waals surface area contributed by atoms with Gasteiger partial charge in [-0.25, -0.2) is 12.8 Å². The third-order valence-corrected chi connectivity index (χ3v) is 7.02. The summed E-state index contributed by atoms with van der Waals surface area (Å²) in [4.78, 5) is 14.5. The third-order valence-electron chi connectivity index (χ3n) is 5.12. The van der Waals surface area contributed by atoms with E-state index in [-0.39, 0.29) is 23.1 Å². The fourth-order valence-corrected chi connectivity index (χ4v) is 4.97. The number of halogens is 1. The van der Waals surface area contributed by atoms with Gasteiger partial charge in [-0.1, -0.05) is 12.1 Å². The largest absolute Gasteiger partial charge is 0.494 e. The fourth-order valence-electron chi connectivity index (χ4n) is 3.43. The lowest BCUT2D eigenvalue weighted by atomic mass is 10.1. The van der Waals surface area contributed by atoms with E-state index in [0.29, 0.717) is 29.8 Å². The summed E-state index contributed by atoms with van der Waals surface area (Å²) in [5, 5.41) is 0. The minimum absolute atomic E-state index is 0.122. The molecular weight excluding hydrogens is 395 g/mol. The quantitative estimate of drug-likeness (QED) is 0.720. The first-order valence-electron chi connectivity index (χ1n) is 9.42. The number of sulfonamides is 1. The molecule has 0 saturated carbocycles. The van der Waals surface area contributed by atoms with Gasteiger partial charge in [-0.05, 0) is 55.2 Å². The predicted molar refractivity (Wildman–Crippen MR) is 108 cm³/mol. The maximum Gasteiger partial charge on any atom is 0.254 e. The van der Waals surface area contributed by atoms with Gasteiger partial charge in [0.2, 0.25) is 10.0 Å². The average molecular weight is 421 g/mol. The van der Waals surface area contributed by atoms with Crippen molar-refractivity contribution in [3.8, 4) is 5.75 Å². The highest BCUT2D eigenvalue weighted by molar-refractivity contribution is 7.89. The van der Waals surface area contributed by atoms with E-state index in [4.69, 9.17) is 4.74 Å². The van der Waals surface area contributed by atoms with Crippen molar-refractivity contribution in [2.24, 2.45) is 0 Å². The highest BCUT2D eigenvalue weighted by atomic mass is 32.2. The van der Waals surface area contributed by atoms with E-state index in [9.17, 15) is 17.6 Å². The number of hydrogen-bond donors (Lipinski definition) is 0. The molecule has 0 atom stereocenters. The second-order valence-electron chi connectivity index (χ2n) is 7.22. The van der Waals surface area contributed by atoms with Gasteiger partial charge in [-0.3, -0.25) is 4.79 Å². The van der Waals surface area contributed by atoms with Crippen LogP contribution in [0.15, 0.2) is 41.3 Å². The first kappa shape index (κ1) is 21.3. The van der Waals surface area contributed by atoms with Crippen LogP contribution in [-0.4, -0.2) is 50.8 Å². The zero-order valence-electron chi connectivity index (χ0n) is 16.8. The molecule has 3 rings (SSSR count). The van der Waals surface area contributed by atoms with Crippen LogP contribution in [0.25, 0.3) is 0 Å². The van der Waals surface area contributed by atoms with E-state index >= 15 is 0 Å². The predicted octanol–water partition coefficient (Wildman–Crippen LogP) is 3.20. The first-order valence-corrected chi connectivity index (χ1v) is 10.9. The lowest BCUT2D eigenvalue weighted by Crippen LogP contribution is -2.29. The van der Waals surface area contributed by atoms with Crippen LogP contribution in [0.1, 0.15) is 34.3 Å². The van der Waals surface area contributed by atoms with E-state index in [2.05, 4.69) is 0 Å². The average Bonchev–Trinajstić information content (AvgIpc) is 3.23. The van der Waals surface area contributed by atoms with Crippen molar-refractivity contribution in [1.82, 2.24) is 9.21 Å². The number of nitrogens with zero attached hydrogens (tertiary/aromatic N) is 2. The topological polar surface area (TPSA) is 66.9 Å². The van der Waals surface area contributed by atoms with Gasteiger partial charge in [0.1, 0.15) is 0 Å². The number of amides is 1. The Hall–Kier alpha value is -2.45. The van der Waals surface area contributed by atoms with Crippen molar-refractivity contribution >= 4 is 15.9 Å². The zero-order chi connectivity index (χ0) is 21.2. The first-order chi connectivity index (χ1) is 13.7. The van der Waals surface area contributed by atoms with Crippen molar-refractivity contribution < 1.29 is 22.3 Å². The minimum atomic E-state index is -3.61. The lowest BCUT2D eigenvalue weighted by molar-refractivity contribution is 0.0784. The second kappa shape index (κ2) is 8.51. The van der Waals surface area contributed by atoms with Crippen LogP contribution in [0.3, 0.4) is 0 Å². The molecule has 1 heterocycles. The summed E-state index contributed by atoms with van der Waals surface area (Å²) in [6.45, 7) is 2.95. The molecule has 0 spiro atoms. The molecule has 0 unspecified atom stereocenters. The molecule has 2 aromatic rings. The molecule has 0 bridgehead atoms. The summed E-state index contributed by atoms with van der Waals surface area (Å²) < 4.78 is 45.9. The number of aryl methyl sites for hydroxylation is 1. The summed E-state index contributed by atoms with van der Waals surface area (Å²) >= 11 is 0. The third kappa shape index (κ3) is 4.43. The molecule has 2 aromatic carbocycles. The molecule has 1 saturated heterocycles. The van der Waals surface area contributed by atoms with Gasteiger partial charge in [0.25, 0.3) is 5.91 Å². The summed E-state index contributed by atoms with van der Waals surface area (Å²) in [6.07, 6.45) is 1.69. The Morgan fingerprint density at radius 2 is 1.86 bits per heavy atom. The van der Waals surface area contributed by atoms with Gasteiger partial charge in [-0.2, -0.15) is 4.31 Å². The van der Waals surface area contributed by atoms with E-state index < -0.39 is 15.8 Å². The molecule has 0 radical (unpaired) electrons. The van der Waals surface area contributed by atoms with Crippen LogP contribution in [-0.2, 0) is 16.6 Å². The molecule has 0 aromatic heterocycles. The van der Waals surface area contributed by atoms with Gasteiger partial charge < -0.3 is 9.64 Å². The second-order valence-corrected chi connectivity index (χ2v) is 9.16.